The van der Waals surface area contributed by atoms with E-state index in [0.717, 1.165) is 18.7 Å². The van der Waals surface area contributed by atoms with Crippen LogP contribution < -0.4 is 0 Å². The molecule has 0 atom stereocenters. The maximum atomic E-state index is 13.9. The van der Waals surface area contributed by atoms with Crippen LogP contribution in [0.25, 0.3) is 5.69 Å². The summed E-state index contributed by atoms with van der Waals surface area (Å²) in [7, 11) is 0. The minimum atomic E-state index is -0.344. The van der Waals surface area contributed by atoms with Gasteiger partial charge in [0.05, 0.1) is 5.69 Å². The van der Waals surface area contributed by atoms with E-state index in [1.807, 2.05) is 0 Å². The minimum absolute atomic E-state index is 0.192. The number of hydrogen-bond acceptors (Lipinski definition) is 2. The molecule has 0 spiro atoms. The van der Waals surface area contributed by atoms with Crippen molar-refractivity contribution in [1.29, 1.82) is 0 Å². The molecule has 0 amide bonds. The Labute approximate surface area is 111 Å². The van der Waals surface area contributed by atoms with Gasteiger partial charge in [-0.05, 0) is 52.5 Å². The fourth-order valence-electron chi connectivity index (χ4n) is 1.79. The van der Waals surface area contributed by atoms with Gasteiger partial charge in [-0.2, -0.15) is 0 Å². The topological polar surface area (TPSA) is 30.7 Å². The molecule has 0 saturated heterocycles. The van der Waals surface area contributed by atoms with Crippen molar-refractivity contribution in [2.24, 2.45) is 0 Å². The number of para-hydroxylation sites is 1. The quantitative estimate of drug-likeness (QED) is 0.846. The van der Waals surface area contributed by atoms with Gasteiger partial charge in [0.2, 0.25) is 5.28 Å². The van der Waals surface area contributed by atoms with E-state index >= 15 is 0 Å². The predicted octanol–water partition coefficient (Wildman–Crippen LogP) is 3.70. The molecule has 1 saturated carbocycles. The van der Waals surface area contributed by atoms with Crippen molar-refractivity contribution in [3.63, 3.8) is 0 Å². The smallest absolute Gasteiger partial charge is 0.229 e. The molecule has 88 valence electrons. The first-order chi connectivity index (χ1) is 8.18. The van der Waals surface area contributed by atoms with Crippen LogP contribution in [0.15, 0.2) is 22.7 Å². The third-order valence-electron chi connectivity index (χ3n) is 2.75. The molecule has 1 aromatic heterocycles. The molecular weight excluding hydrogens is 308 g/mol. The van der Waals surface area contributed by atoms with Crippen LogP contribution in [0.5, 0.6) is 0 Å². The summed E-state index contributed by atoms with van der Waals surface area (Å²) in [5.41, 5.74) is 0.379. The molecule has 0 bridgehead atoms. The van der Waals surface area contributed by atoms with Gasteiger partial charge in [-0.25, -0.2) is 4.39 Å². The van der Waals surface area contributed by atoms with Crippen LogP contribution in [0.2, 0.25) is 5.28 Å². The summed E-state index contributed by atoms with van der Waals surface area (Å²) in [6.07, 6.45) is 2.11. The van der Waals surface area contributed by atoms with Crippen molar-refractivity contribution in [2.45, 2.75) is 18.8 Å². The largest absolute Gasteiger partial charge is 0.265 e. The van der Waals surface area contributed by atoms with Crippen molar-refractivity contribution in [2.75, 3.05) is 0 Å². The highest BCUT2D eigenvalue weighted by Crippen LogP contribution is 2.41. The van der Waals surface area contributed by atoms with E-state index in [2.05, 4.69) is 26.1 Å². The summed E-state index contributed by atoms with van der Waals surface area (Å²) >= 11 is 9.33. The summed E-state index contributed by atoms with van der Waals surface area (Å²) in [6.45, 7) is 0. The van der Waals surface area contributed by atoms with Gasteiger partial charge in [-0.15, -0.1) is 10.2 Å². The van der Waals surface area contributed by atoms with E-state index in [4.69, 9.17) is 11.6 Å². The lowest BCUT2D eigenvalue weighted by Crippen LogP contribution is -2.03. The second-order valence-electron chi connectivity index (χ2n) is 4.01. The summed E-state index contributed by atoms with van der Waals surface area (Å²) in [4.78, 5) is 0. The predicted molar refractivity (Wildman–Crippen MR) is 66.0 cm³/mol. The lowest BCUT2D eigenvalue weighted by molar-refractivity contribution is 0.614. The zero-order valence-electron chi connectivity index (χ0n) is 8.70. The van der Waals surface area contributed by atoms with Gasteiger partial charge in [0.15, 0.2) is 0 Å². The third kappa shape index (κ3) is 1.87. The van der Waals surface area contributed by atoms with E-state index in [1.54, 1.807) is 16.7 Å². The first kappa shape index (κ1) is 11.2. The highest BCUT2D eigenvalue weighted by atomic mass is 79.9. The summed E-state index contributed by atoms with van der Waals surface area (Å²) in [6, 6.07) is 4.80. The Morgan fingerprint density at radius 2 is 2.12 bits per heavy atom. The zero-order valence-corrected chi connectivity index (χ0v) is 11.0. The first-order valence-electron chi connectivity index (χ1n) is 5.23. The molecule has 0 aliphatic heterocycles. The van der Waals surface area contributed by atoms with Gasteiger partial charge in [0.1, 0.15) is 11.6 Å². The summed E-state index contributed by atoms with van der Waals surface area (Å²) in [5, 5.41) is 8.05. The Morgan fingerprint density at radius 3 is 2.76 bits per heavy atom. The van der Waals surface area contributed by atoms with Gasteiger partial charge in [0.25, 0.3) is 0 Å². The maximum Gasteiger partial charge on any atom is 0.229 e. The Hall–Kier alpha value is -0.940. The van der Waals surface area contributed by atoms with E-state index in [-0.39, 0.29) is 11.1 Å². The van der Waals surface area contributed by atoms with Crippen molar-refractivity contribution in [3.05, 3.63) is 39.6 Å². The third-order valence-corrected chi connectivity index (χ3v) is 3.64. The van der Waals surface area contributed by atoms with Gasteiger partial charge < -0.3 is 0 Å². The lowest BCUT2D eigenvalue weighted by atomic mass is 10.3. The van der Waals surface area contributed by atoms with Crippen molar-refractivity contribution < 1.29 is 4.39 Å². The molecule has 1 fully saturated rings. The number of halogens is 3. The second-order valence-corrected chi connectivity index (χ2v) is 5.20. The van der Waals surface area contributed by atoms with E-state index < -0.39 is 0 Å². The monoisotopic (exact) mass is 315 g/mol. The molecule has 0 radical (unpaired) electrons. The molecule has 1 heterocycles. The Bertz CT molecular complexity index is 560. The van der Waals surface area contributed by atoms with E-state index in [1.165, 1.54) is 6.07 Å². The van der Waals surface area contributed by atoms with Crippen molar-refractivity contribution in [3.8, 4) is 5.69 Å². The molecule has 3 rings (SSSR count). The van der Waals surface area contributed by atoms with E-state index in [9.17, 15) is 4.39 Å². The Balaban J connectivity index is 2.24. The highest BCUT2D eigenvalue weighted by Gasteiger charge is 2.31. The molecule has 2 aromatic rings. The minimum Gasteiger partial charge on any atom is -0.265 e. The fraction of sp³-hybridized carbons (Fsp3) is 0.273. The van der Waals surface area contributed by atoms with Gasteiger partial charge in [0, 0.05) is 10.4 Å². The number of benzene rings is 1. The average molecular weight is 317 g/mol. The van der Waals surface area contributed by atoms with Crippen LogP contribution >= 0.6 is 27.5 Å². The fourth-order valence-corrected chi connectivity index (χ4v) is 2.52. The van der Waals surface area contributed by atoms with Crippen LogP contribution in [-0.4, -0.2) is 14.8 Å². The van der Waals surface area contributed by atoms with Crippen molar-refractivity contribution in [1.82, 2.24) is 14.8 Å². The summed E-state index contributed by atoms with van der Waals surface area (Å²) < 4.78 is 16.1. The molecule has 3 nitrogen and oxygen atoms in total. The van der Waals surface area contributed by atoms with Gasteiger partial charge in [-0.1, -0.05) is 6.07 Å². The number of rotatable bonds is 2. The van der Waals surface area contributed by atoms with Gasteiger partial charge >= 0.3 is 0 Å². The van der Waals surface area contributed by atoms with Crippen LogP contribution in [0, 0.1) is 5.82 Å². The van der Waals surface area contributed by atoms with Crippen LogP contribution in [-0.2, 0) is 0 Å². The zero-order chi connectivity index (χ0) is 12.0. The summed E-state index contributed by atoms with van der Waals surface area (Å²) in [5.74, 6) is 0.741. The normalized spacial score (nSPS) is 15.2. The maximum absolute atomic E-state index is 13.9. The van der Waals surface area contributed by atoms with Crippen LogP contribution in [0.1, 0.15) is 24.6 Å². The molecule has 17 heavy (non-hydrogen) atoms. The standard InChI is InChI=1S/C11H8BrClFN3/c12-7-2-1-3-8(14)9(7)17-10(6-4-5-6)15-16-11(17)13/h1-3,6H,4-5H2. The second kappa shape index (κ2) is 4.07. The van der Waals surface area contributed by atoms with Gasteiger partial charge in [-0.3, -0.25) is 4.57 Å². The molecule has 0 N–H and O–H groups in total. The lowest BCUT2D eigenvalue weighted by Gasteiger charge is -2.10. The Kier molecular flexibility index (Phi) is 2.67. The van der Waals surface area contributed by atoms with Crippen LogP contribution in [0.3, 0.4) is 0 Å². The SMILES string of the molecule is Fc1cccc(Br)c1-n1c(Cl)nnc1C1CC1. The number of hydrogen-bond donors (Lipinski definition) is 0. The van der Waals surface area contributed by atoms with Crippen molar-refractivity contribution >= 4 is 27.5 Å². The number of aromatic nitrogens is 3. The first-order valence-corrected chi connectivity index (χ1v) is 6.41. The van der Waals surface area contributed by atoms with E-state index in [0.29, 0.717) is 16.1 Å². The molecule has 1 aromatic carbocycles. The van der Waals surface area contributed by atoms with Crippen LogP contribution in [0.4, 0.5) is 4.39 Å². The average Bonchev–Trinajstić information content (AvgIpc) is 3.05. The molecule has 1 aliphatic carbocycles. The molecule has 0 unspecified atom stereocenters. The molecular formula is C11H8BrClFN3. The molecule has 1 aliphatic rings. The number of nitrogens with zero attached hydrogens (tertiary/aromatic N) is 3. The molecule has 6 heteroatoms. The Morgan fingerprint density at radius 1 is 1.35 bits per heavy atom. The highest BCUT2D eigenvalue weighted by molar-refractivity contribution is 9.10.